The zero-order valence-electron chi connectivity index (χ0n) is 13.3. The maximum atomic E-state index is 12.6. The van der Waals surface area contributed by atoms with Crippen molar-refractivity contribution in [3.05, 3.63) is 84.8 Å². The van der Waals surface area contributed by atoms with Gasteiger partial charge in [0.05, 0.1) is 28.6 Å². The summed E-state index contributed by atoms with van der Waals surface area (Å²) in [6, 6.07) is 20.8. The smallest absolute Gasteiger partial charge is 0.275 e. The van der Waals surface area contributed by atoms with Crippen molar-refractivity contribution in [2.45, 2.75) is 0 Å². The average molecular weight is 326 g/mol. The highest BCUT2D eigenvalue weighted by Crippen LogP contribution is 2.25. The Bertz CT molecular complexity index is 1050. The third-order valence-electron chi connectivity index (χ3n) is 3.78. The average Bonchev–Trinajstić information content (AvgIpc) is 2.68. The molecule has 0 spiro atoms. The van der Waals surface area contributed by atoms with Gasteiger partial charge in [-0.3, -0.25) is 14.8 Å². The molecular weight excluding hydrogens is 312 g/mol. The van der Waals surface area contributed by atoms with E-state index in [1.807, 2.05) is 60.7 Å². The van der Waals surface area contributed by atoms with Gasteiger partial charge in [0.15, 0.2) is 0 Å². The quantitative estimate of drug-likeness (QED) is 0.619. The van der Waals surface area contributed by atoms with Crippen LogP contribution in [0.2, 0.25) is 0 Å². The topological polar surface area (TPSA) is 67.8 Å². The molecule has 4 aromatic rings. The van der Waals surface area contributed by atoms with E-state index in [0.717, 1.165) is 11.1 Å². The normalized spacial score (nSPS) is 10.6. The maximum absolute atomic E-state index is 12.6. The number of carbonyl (C=O) groups excluding carboxylic acids is 1. The molecular formula is C20H14N4O. The molecule has 0 aliphatic rings. The van der Waals surface area contributed by atoms with Crippen LogP contribution in [0.4, 0.5) is 5.69 Å². The molecule has 1 amide bonds. The Morgan fingerprint density at radius 3 is 2.40 bits per heavy atom. The molecule has 0 radical (unpaired) electrons. The van der Waals surface area contributed by atoms with Crippen LogP contribution < -0.4 is 5.32 Å². The van der Waals surface area contributed by atoms with Crippen molar-refractivity contribution in [3.8, 4) is 11.3 Å². The first-order chi connectivity index (χ1) is 12.3. The largest absolute Gasteiger partial charge is 0.319 e. The zero-order chi connectivity index (χ0) is 17.1. The first kappa shape index (κ1) is 15.0. The lowest BCUT2D eigenvalue weighted by Crippen LogP contribution is -2.15. The van der Waals surface area contributed by atoms with Gasteiger partial charge >= 0.3 is 0 Å². The molecule has 0 aliphatic heterocycles. The van der Waals surface area contributed by atoms with Crippen LogP contribution in [0.1, 0.15) is 10.5 Å². The van der Waals surface area contributed by atoms with E-state index in [0.29, 0.717) is 16.9 Å². The van der Waals surface area contributed by atoms with Gasteiger partial charge in [0.2, 0.25) is 0 Å². The van der Waals surface area contributed by atoms with Crippen molar-refractivity contribution in [2.24, 2.45) is 0 Å². The van der Waals surface area contributed by atoms with Gasteiger partial charge < -0.3 is 5.32 Å². The predicted molar refractivity (Wildman–Crippen MR) is 97.2 cm³/mol. The number of nitrogens with zero attached hydrogens (tertiary/aromatic N) is 3. The fourth-order valence-corrected chi connectivity index (χ4v) is 2.59. The summed E-state index contributed by atoms with van der Waals surface area (Å²) >= 11 is 0. The molecule has 2 aromatic heterocycles. The number of fused-ring (bicyclic) bond motifs is 1. The minimum absolute atomic E-state index is 0.265. The van der Waals surface area contributed by atoms with Gasteiger partial charge in [0, 0.05) is 11.8 Å². The lowest BCUT2D eigenvalue weighted by molar-refractivity contribution is 0.102. The maximum Gasteiger partial charge on any atom is 0.275 e. The van der Waals surface area contributed by atoms with Gasteiger partial charge in [0.1, 0.15) is 5.69 Å². The van der Waals surface area contributed by atoms with Gasteiger partial charge in [-0.1, -0.05) is 42.5 Å². The van der Waals surface area contributed by atoms with Gasteiger partial charge in [-0.15, -0.1) is 0 Å². The standard InChI is InChI=1S/C20H14N4O/c25-20(18-13-22-15-9-4-5-10-16(15)23-18)24-17-11-6-12-21-19(17)14-7-2-1-3-8-14/h1-13H,(H,24,25). The number of aromatic nitrogens is 3. The second kappa shape index (κ2) is 6.49. The SMILES string of the molecule is O=C(Nc1cccnc1-c1ccccc1)c1cnc2ccccc2n1. The Hall–Kier alpha value is -3.60. The monoisotopic (exact) mass is 326 g/mol. The number of amides is 1. The zero-order valence-corrected chi connectivity index (χ0v) is 13.3. The van der Waals surface area contributed by atoms with Gasteiger partial charge in [-0.05, 0) is 24.3 Å². The Morgan fingerprint density at radius 2 is 1.56 bits per heavy atom. The lowest BCUT2D eigenvalue weighted by atomic mass is 10.1. The molecule has 120 valence electrons. The Labute approximate surface area is 144 Å². The van der Waals surface area contributed by atoms with Crippen molar-refractivity contribution in [3.63, 3.8) is 0 Å². The summed E-state index contributed by atoms with van der Waals surface area (Å²) in [5.41, 5.74) is 3.98. The number of hydrogen-bond donors (Lipinski definition) is 1. The third-order valence-corrected chi connectivity index (χ3v) is 3.78. The van der Waals surface area contributed by atoms with E-state index in [1.54, 1.807) is 12.3 Å². The van der Waals surface area contributed by atoms with Crippen LogP contribution in [0.25, 0.3) is 22.3 Å². The van der Waals surface area contributed by atoms with E-state index >= 15 is 0 Å². The lowest BCUT2D eigenvalue weighted by Gasteiger charge is -2.10. The van der Waals surface area contributed by atoms with E-state index in [2.05, 4.69) is 20.3 Å². The fraction of sp³-hybridized carbons (Fsp3) is 0. The van der Waals surface area contributed by atoms with E-state index in [4.69, 9.17) is 0 Å². The minimum Gasteiger partial charge on any atom is -0.319 e. The van der Waals surface area contributed by atoms with Crippen LogP contribution >= 0.6 is 0 Å². The number of anilines is 1. The summed E-state index contributed by atoms with van der Waals surface area (Å²) in [7, 11) is 0. The number of carbonyl (C=O) groups is 1. The summed E-state index contributed by atoms with van der Waals surface area (Å²) in [5.74, 6) is -0.316. The molecule has 25 heavy (non-hydrogen) atoms. The van der Waals surface area contributed by atoms with E-state index < -0.39 is 0 Å². The number of hydrogen-bond acceptors (Lipinski definition) is 4. The molecule has 0 saturated heterocycles. The number of benzene rings is 2. The van der Waals surface area contributed by atoms with Crippen molar-refractivity contribution in [2.75, 3.05) is 5.32 Å². The number of rotatable bonds is 3. The molecule has 2 aromatic carbocycles. The van der Waals surface area contributed by atoms with Crippen LogP contribution in [-0.2, 0) is 0 Å². The van der Waals surface area contributed by atoms with Crippen LogP contribution in [0, 0.1) is 0 Å². The van der Waals surface area contributed by atoms with E-state index in [1.165, 1.54) is 6.20 Å². The van der Waals surface area contributed by atoms with Crippen molar-refractivity contribution in [1.29, 1.82) is 0 Å². The first-order valence-corrected chi connectivity index (χ1v) is 7.85. The molecule has 5 nitrogen and oxygen atoms in total. The molecule has 0 atom stereocenters. The summed E-state index contributed by atoms with van der Waals surface area (Å²) in [6.07, 6.45) is 3.18. The van der Waals surface area contributed by atoms with Crippen LogP contribution in [0.3, 0.4) is 0 Å². The van der Waals surface area contributed by atoms with Crippen LogP contribution in [0.15, 0.2) is 79.1 Å². The molecule has 0 unspecified atom stereocenters. The second-order valence-electron chi connectivity index (χ2n) is 5.46. The number of pyridine rings is 1. The molecule has 0 aliphatic carbocycles. The molecule has 4 rings (SSSR count). The predicted octanol–water partition coefficient (Wildman–Crippen LogP) is 3.94. The Kier molecular flexibility index (Phi) is 3.88. The third kappa shape index (κ3) is 3.07. The minimum atomic E-state index is -0.316. The summed E-state index contributed by atoms with van der Waals surface area (Å²) in [5, 5.41) is 2.89. The first-order valence-electron chi connectivity index (χ1n) is 7.85. The molecule has 0 saturated carbocycles. The Balaban J connectivity index is 1.67. The summed E-state index contributed by atoms with van der Waals surface area (Å²) < 4.78 is 0. The van der Waals surface area contributed by atoms with Gasteiger partial charge in [-0.2, -0.15) is 0 Å². The molecule has 0 fully saturated rings. The summed E-state index contributed by atoms with van der Waals surface area (Å²) in [4.78, 5) is 25.7. The number of nitrogens with one attached hydrogen (secondary N) is 1. The Morgan fingerprint density at radius 1 is 0.800 bits per heavy atom. The van der Waals surface area contributed by atoms with Crippen LogP contribution in [0.5, 0.6) is 0 Å². The van der Waals surface area contributed by atoms with Crippen molar-refractivity contribution in [1.82, 2.24) is 15.0 Å². The van der Waals surface area contributed by atoms with Crippen LogP contribution in [-0.4, -0.2) is 20.9 Å². The van der Waals surface area contributed by atoms with Crippen molar-refractivity contribution < 1.29 is 4.79 Å². The highest BCUT2D eigenvalue weighted by Gasteiger charge is 2.13. The second-order valence-corrected chi connectivity index (χ2v) is 5.46. The molecule has 5 heteroatoms. The van der Waals surface area contributed by atoms with E-state index in [-0.39, 0.29) is 11.6 Å². The van der Waals surface area contributed by atoms with Gasteiger partial charge in [-0.25, -0.2) is 4.98 Å². The summed E-state index contributed by atoms with van der Waals surface area (Å²) in [6.45, 7) is 0. The number of para-hydroxylation sites is 2. The fourth-order valence-electron chi connectivity index (χ4n) is 2.59. The molecule has 1 N–H and O–H groups in total. The highest BCUT2D eigenvalue weighted by atomic mass is 16.1. The molecule has 2 heterocycles. The molecule has 0 bridgehead atoms. The van der Waals surface area contributed by atoms with Crippen molar-refractivity contribution >= 4 is 22.6 Å². The van der Waals surface area contributed by atoms with E-state index in [9.17, 15) is 4.79 Å². The highest BCUT2D eigenvalue weighted by molar-refractivity contribution is 6.05. The van der Waals surface area contributed by atoms with Gasteiger partial charge in [0.25, 0.3) is 5.91 Å².